The maximum atomic E-state index is 13.0. The quantitative estimate of drug-likeness (QED) is 0.408. The molecule has 1 fully saturated rings. The fourth-order valence-corrected chi connectivity index (χ4v) is 5.16. The number of pyridine rings is 1. The molecule has 0 saturated carbocycles. The van der Waals surface area contributed by atoms with Gasteiger partial charge in [0, 0.05) is 43.9 Å². The first-order valence-electron chi connectivity index (χ1n) is 12.2. The Morgan fingerprint density at radius 3 is 2.33 bits per heavy atom. The molecule has 3 rings (SSSR count). The second-order valence-corrected chi connectivity index (χ2v) is 13.3. The van der Waals surface area contributed by atoms with Gasteiger partial charge in [-0.05, 0) is 48.4 Å². The molecule has 0 unspecified atom stereocenters. The van der Waals surface area contributed by atoms with E-state index in [1.165, 1.54) is 12.3 Å². The minimum atomic E-state index is -4.95. The molecule has 0 radical (unpaired) electrons. The number of piperidine rings is 1. The Balaban J connectivity index is 1.79. The van der Waals surface area contributed by atoms with Gasteiger partial charge in [0.1, 0.15) is 11.5 Å². The molecule has 0 spiro atoms. The Morgan fingerprint density at radius 2 is 1.79 bits per heavy atom. The number of ether oxygens (including phenoxy) is 1. The summed E-state index contributed by atoms with van der Waals surface area (Å²) in [7, 11) is -3.65. The Kier molecular flexibility index (Phi) is 9.21. The molecule has 1 saturated heterocycles. The second kappa shape index (κ2) is 11.7. The first kappa shape index (κ1) is 30.7. The lowest BCUT2D eigenvalue weighted by Crippen LogP contribution is -2.36. The number of benzene rings is 1. The van der Waals surface area contributed by atoms with Crippen molar-refractivity contribution in [2.75, 3.05) is 29.6 Å². The fraction of sp³-hybridized carbons (Fsp3) is 0.500. The lowest BCUT2D eigenvalue weighted by atomic mass is 9.84. The van der Waals surface area contributed by atoms with Crippen LogP contribution in [0.2, 0.25) is 5.02 Å². The van der Waals surface area contributed by atoms with E-state index in [0.717, 1.165) is 37.3 Å². The van der Waals surface area contributed by atoms with E-state index in [-0.39, 0.29) is 33.3 Å². The largest absolute Gasteiger partial charge is 0.573 e. The number of rotatable bonds is 8. The summed E-state index contributed by atoms with van der Waals surface area (Å²) in [6, 6.07) is 4.33. The molecule has 0 atom stereocenters. The van der Waals surface area contributed by atoms with Crippen LogP contribution in [-0.4, -0.2) is 50.8 Å². The number of aromatic nitrogens is 1. The van der Waals surface area contributed by atoms with Crippen LogP contribution in [0.15, 0.2) is 35.4 Å². The summed E-state index contributed by atoms with van der Waals surface area (Å²) in [5.74, 6) is -0.616. The van der Waals surface area contributed by atoms with Gasteiger partial charge in [0.15, 0.2) is 15.7 Å². The van der Waals surface area contributed by atoms with E-state index in [1.807, 2.05) is 25.7 Å². The monoisotopic (exact) mass is 589 g/mol. The van der Waals surface area contributed by atoms with Crippen LogP contribution in [-0.2, 0) is 14.6 Å². The van der Waals surface area contributed by atoms with E-state index in [4.69, 9.17) is 11.6 Å². The van der Waals surface area contributed by atoms with Gasteiger partial charge < -0.3 is 15.0 Å². The molecule has 1 N–H and O–H groups in total. The third-order valence-corrected chi connectivity index (χ3v) is 7.47. The highest BCUT2D eigenvalue weighted by atomic mass is 35.5. The van der Waals surface area contributed by atoms with E-state index in [1.54, 1.807) is 0 Å². The highest BCUT2D eigenvalue weighted by molar-refractivity contribution is 7.90. The molecule has 0 aliphatic carbocycles. The van der Waals surface area contributed by atoms with Crippen molar-refractivity contribution < 1.29 is 35.9 Å². The number of hydrogen-bond acceptors (Lipinski definition) is 7. The van der Waals surface area contributed by atoms with Crippen molar-refractivity contribution in [3.8, 4) is 5.75 Å². The number of carbonyl (C=O) groups is 2. The SMILES string of the molecule is CC(C)(C)CC(=O)CC1CCN(c2ncc(S(C)(=O)=O)cc2NC(=O)c2ccc(OC(F)(F)F)c(Cl)c2)CC1. The predicted octanol–water partition coefficient (Wildman–Crippen LogP) is 5.90. The number of anilines is 2. The number of nitrogens with zero attached hydrogens (tertiary/aromatic N) is 2. The van der Waals surface area contributed by atoms with Gasteiger partial charge in [-0.3, -0.25) is 9.59 Å². The number of ketones is 1. The van der Waals surface area contributed by atoms with Gasteiger partial charge in [-0.25, -0.2) is 13.4 Å². The maximum absolute atomic E-state index is 13.0. The maximum Gasteiger partial charge on any atom is 0.573 e. The molecule has 1 amide bonds. The third kappa shape index (κ3) is 9.10. The van der Waals surface area contributed by atoms with Gasteiger partial charge in [0.25, 0.3) is 5.91 Å². The van der Waals surface area contributed by atoms with Crippen LogP contribution in [0.3, 0.4) is 0 Å². The first-order chi connectivity index (χ1) is 17.9. The number of Topliss-reactive ketones (excluding diaryl/α,β-unsaturated/α-hetero) is 1. The van der Waals surface area contributed by atoms with Crippen LogP contribution >= 0.6 is 11.6 Å². The zero-order valence-electron chi connectivity index (χ0n) is 22.1. The Morgan fingerprint density at radius 1 is 1.15 bits per heavy atom. The van der Waals surface area contributed by atoms with E-state index < -0.39 is 32.9 Å². The normalized spacial score (nSPS) is 15.2. The molecule has 214 valence electrons. The smallest absolute Gasteiger partial charge is 0.404 e. The lowest BCUT2D eigenvalue weighted by Gasteiger charge is -2.34. The molecule has 1 aliphatic rings. The second-order valence-electron chi connectivity index (χ2n) is 10.9. The summed E-state index contributed by atoms with van der Waals surface area (Å²) < 4.78 is 65.7. The number of amides is 1. The van der Waals surface area contributed by atoms with Crippen molar-refractivity contribution in [2.24, 2.45) is 11.3 Å². The standard InChI is InChI=1S/C26H31ClF3N3O5S/c1-25(2,3)14-18(34)11-16-7-9-33(10-8-16)23-21(13-19(15-31-23)39(4,36)37)32-24(35)17-5-6-22(20(27)12-17)38-26(28,29)30/h5-6,12-13,15-16H,7-11,14H2,1-4H3,(H,32,35). The summed E-state index contributed by atoms with van der Waals surface area (Å²) in [6.07, 6.45) is -0.305. The van der Waals surface area contributed by atoms with E-state index in [2.05, 4.69) is 15.0 Å². The van der Waals surface area contributed by atoms with Gasteiger partial charge in [-0.1, -0.05) is 32.4 Å². The van der Waals surface area contributed by atoms with Crippen molar-refractivity contribution in [3.05, 3.63) is 41.0 Å². The van der Waals surface area contributed by atoms with Gasteiger partial charge in [-0.2, -0.15) is 0 Å². The molecule has 0 bridgehead atoms. The molecule has 13 heteroatoms. The van der Waals surface area contributed by atoms with Crippen LogP contribution < -0.4 is 15.0 Å². The number of halogens is 4. The lowest BCUT2D eigenvalue weighted by molar-refractivity contribution is -0.274. The van der Waals surface area contributed by atoms with Crippen molar-refractivity contribution in [3.63, 3.8) is 0 Å². The van der Waals surface area contributed by atoms with Gasteiger partial charge in [0.2, 0.25) is 0 Å². The summed E-state index contributed by atoms with van der Waals surface area (Å²) in [5, 5.41) is 2.19. The zero-order valence-corrected chi connectivity index (χ0v) is 23.6. The van der Waals surface area contributed by atoms with E-state index in [9.17, 15) is 31.2 Å². The first-order valence-corrected chi connectivity index (χ1v) is 14.5. The Bertz CT molecular complexity index is 1340. The Hall–Kier alpha value is -2.86. The number of alkyl halides is 3. The van der Waals surface area contributed by atoms with E-state index in [0.29, 0.717) is 31.7 Å². The minimum absolute atomic E-state index is 0.0682. The number of carbonyl (C=O) groups excluding carboxylic acids is 2. The van der Waals surface area contributed by atoms with Crippen molar-refractivity contribution in [2.45, 2.75) is 57.7 Å². The third-order valence-electron chi connectivity index (χ3n) is 6.10. The van der Waals surface area contributed by atoms with Crippen LogP contribution in [0.1, 0.15) is 56.8 Å². The molecule has 39 heavy (non-hydrogen) atoms. The van der Waals surface area contributed by atoms with Crippen LogP contribution in [0.5, 0.6) is 5.75 Å². The molecule has 1 aromatic carbocycles. The van der Waals surface area contributed by atoms with Gasteiger partial charge in [-0.15, -0.1) is 13.2 Å². The molecule has 8 nitrogen and oxygen atoms in total. The van der Waals surface area contributed by atoms with Crippen LogP contribution in [0, 0.1) is 11.3 Å². The summed E-state index contributed by atoms with van der Waals surface area (Å²) in [6.45, 7) is 7.14. The van der Waals surface area contributed by atoms with Gasteiger partial charge >= 0.3 is 6.36 Å². The zero-order chi connectivity index (χ0) is 29.2. The summed E-state index contributed by atoms with van der Waals surface area (Å²) in [4.78, 5) is 31.5. The molecule has 1 aromatic heterocycles. The number of hydrogen-bond donors (Lipinski definition) is 1. The predicted molar refractivity (Wildman–Crippen MR) is 142 cm³/mol. The number of sulfone groups is 1. The average molecular weight is 590 g/mol. The Labute approximate surface area is 230 Å². The molecule has 1 aliphatic heterocycles. The molecular weight excluding hydrogens is 559 g/mol. The summed E-state index contributed by atoms with van der Waals surface area (Å²) in [5.41, 5.74) is -0.0234. The average Bonchev–Trinajstić information content (AvgIpc) is 2.78. The highest BCUT2D eigenvalue weighted by Crippen LogP contribution is 2.34. The van der Waals surface area contributed by atoms with Crippen LogP contribution in [0.4, 0.5) is 24.7 Å². The van der Waals surface area contributed by atoms with Gasteiger partial charge in [0.05, 0.1) is 15.6 Å². The van der Waals surface area contributed by atoms with Crippen molar-refractivity contribution >= 4 is 44.6 Å². The highest BCUT2D eigenvalue weighted by Gasteiger charge is 2.32. The topological polar surface area (TPSA) is 106 Å². The molecular formula is C26H31ClF3N3O5S. The molecule has 2 aromatic rings. The summed E-state index contributed by atoms with van der Waals surface area (Å²) >= 11 is 5.88. The van der Waals surface area contributed by atoms with Crippen molar-refractivity contribution in [1.82, 2.24) is 4.98 Å². The number of nitrogens with one attached hydrogen (secondary N) is 1. The van der Waals surface area contributed by atoms with Crippen LogP contribution in [0.25, 0.3) is 0 Å². The van der Waals surface area contributed by atoms with Crippen molar-refractivity contribution in [1.29, 1.82) is 0 Å². The minimum Gasteiger partial charge on any atom is -0.404 e. The molecule has 2 heterocycles. The fourth-order valence-electron chi connectivity index (χ4n) is 4.36. The van der Waals surface area contributed by atoms with E-state index >= 15 is 0 Å².